The first-order chi connectivity index (χ1) is 8.15. The van der Waals surface area contributed by atoms with Gasteiger partial charge in [0.15, 0.2) is 0 Å². The Morgan fingerprint density at radius 3 is 2.47 bits per heavy atom. The molecule has 0 radical (unpaired) electrons. The van der Waals surface area contributed by atoms with Gasteiger partial charge in [-0.05, 0) is 31.4 Å². The number of hydrogen-bond donors (Lipinski definition) is 0. The van der Waals surface area contributed by atoms with E-state index in [0.29, 0.717) is 0 Å². The monoisotopic (exact) mass is 252 g/mol. The Bertz CT molecular complexity index is 330. The van der Waals surface area contributed by atoms with Crippen LogP contribution in [0.25, 0.3) is 0 Å². The average Bonchev–Trinajstić information content (AvgIpc) is 2.32. The van der Waals surface area contributed by atoms with Gasteiger partial charge in [0.2, 0.25) is 0 Å². The highest BCUT2D eigenvalue weighted by Gasteiger charge is 2.10. The number of aryl methyl sites for hydroxylation is 2. The molecule has 0 fully saturated rings. The minimum atomic E-state index is 0.191. The lowest BCUT2D eigenvalue weighted by Crippen LogP contribution is -1.95. The van der Waals surface area contributed by atoms with Crippen LogP contribution in [0.1, 0.15) is 67.5 Å². The number of hydrogen-bond acceptors (Lipinski definition) is 0. The third-order valence-electron chi connectivity index (χ3n) is 3.33. The molecule has 0 nitrogen and oxygen atoms in total. The standard InChI is InChI=1S/C16H25Cl/c1-4-5-6-7-8-9-16(17)15-12-13(2)10-11-14(15)3/h10-12,16H,4-9H2,1-3H3. The second kappa shape index (κ2) is 7.76. The lowest BCUT2D eigenvalue weighted by Gasteiger charge is -2.13. The molecule has 0 spiro atoms. The number of halogens is 1. The van der Waals surface area contributed by atoms with Gasteiger partial charge in [0, 0.05) is 0 Å². The molecule has 0 bridgehead atoms. The quantitative estimate of drug-likeness (QED) is 0.416. The first kappa shape index (κ1) is 14.6. The number of unbranched alkanes of at least 4 members (excludes halogenated alkanes) is 4. The molecule has 0 heterocycles. The van der Waals surface area contributed by atoms with Gasteiger partial charge >= 0.3 is 0 Å². The molecule has 1 aromatic carbocycles. The zero-order chi connectivity index (χ0) is 12.7. The lowest BCUT2D eigenvalue weighted by molar-refractivity contribution is 0.601. The van der Waals surface area contributed by atoms with Crippen LogP contribution >= 0.6 is 11.6 Å². The number of benzene rings is 1. The zero-order valence-electron chi connectivity index (χ0n) is 11.4. The summed E-state index contributed by atoms with van der Waals surface area (Å²) >= 11 is 6.50. The normalized spacial score (nSPS) is 12.7. The minimum absolute atomic E-state index is 0.191. The molecule has 0 saturated carbocycles. The van der Waals surface area contributed by atoms with Crippen molar-refractivity contribution in [1.82, 2.24) is 0 Å². The minimum Gasteiger partial charge on any atom is -0.118 e. The van der Waals surface area contributed by atoms with Crippen LogP contribution < -0.4 is 0 Å². The summed E-state index contributed by atoms with van der Waals surface area (Å²) in [6.45, 7) is 6.54. The summed E-state index contributed by atoms with van der Waals surface area (Å²) in [5.74, 6) is 0. The highest BCUT2D eigenvalue weighted by Crippen LogP contribution is 2.29. The van der Waals surface area contributed by atoms with Crippen LogP contribution in [0.4, 0.5) is 0 Å². The molecule has 0 aliphatic rings. The SMILES string of the molecule is CCCCCCCC(Cl)c1cc(C)ccc1C. The van der Waals surface area contributed by atoms with Gasteiger partial charge < -0.3 is 0 Å². The Kier molecular flexibility index (Phi) is 6.65. The molecule has 17 heavy (non-hydrogen) atoms. The first-order valence-electron chi connectivity index (χ1n) is 6.86. The smallest absolute Gasteiger partial charge is 0.0587 e. The molecular formula is C16H25Cl. The molecule has 0 aliphatic heterocycles. The predicted molar refractivity (Wildman–Crippen MR) is 77.9 cm³/mol. The summed E-state index contributed by atoms with van der Waals surface area (Å²) < 4.78 is 0. The van der Waals surface area contributed by atoms with Gasteiger partial charge in [-0.25, -0.2) is 0 Å². The Morgan fingerprint density at radius 1 is 1.06 bits per heavy atom. The molecule has 0 amide bonds. The van der Waals surface area contributed by atoms with Crippen LogP contribution in [0.5, 0.6) is 0 Å². The maximum absolute atomic E-state index is 6.50. The Labute approximate surface area is 111 Å². The second-order valence-electron chi connectivity index (χ2n) is 5.03. The molecule has 0 N–H and O–H groups in total. The van der Waals surface area contributed by atoms with Gasteiger partial charge in [0.05, 0.1) is 5.38 Å². The second-order valence-corrected chi connectivity index (χ2v) is 5.56. The average molecular weight is 253 g/mol. The van der Waals surface area contributed by atoms with E-state index in [1.54, 1.807) is 0 Å². The topological polar surface area (TPSA) is 0 Å². The van der Waals surface area contributed by atoms with E-state index in [-0.39, 0.29) is 5.38 Å². The molecule has 1 rings (SSSR count). The Balaban J connectivity index is 2.41. The molecule has 1 atom stereocenters. The maximum Gasteiger partial charge on any atom is 0.0587 e. The molecule has 96 valence electrons. The van der Waals surface area contributed by atoms with E-state index in [9.17, 15) is 0 Å². The van der Waals surface area contributed by atoms with E-state index < -0.39 is 0 Å². The number of alkyl halides is 1. The highest BCUT2D eigenvalue weighted by atomic mass is 35.5. The molecule has 1 unspecified atom stereocenters. The highest BCUT2D eigenvalue weighted by molar-refractivity contribution is 6.20. The number of rotatable bonds is 7. The summed E-state index contributed by atoms with van der Waals surface area (Å²) in [4.78, 5) is 0. The van der Waals surface area contributed by atoms with E-state index in [2.05, 4.69) is 39.0 Å². The van der Waals surface area contributed by atoms with Crippen LogP contribution in [-0.2, 0) is 0 Å². The summed E-state index contributed by atoms with van der Waals surface area (Å²) in [5.41, 5.74) is 3.95. The van der Waals surface area contributed by atoms with Crippen molar-refractivity contribution in [3.63, 3.8) is 0 Å². The molecule has 0 aromatic heterocycles. The molecule has 0 aliphatic carbocycles. The van der Waals surface area contributed by atoms with Gasteiger partial charge in [0.25, 0.3) is 0 Å². The van der Waals surface area contributed by atoms with Gasteiger partial charge in [0.1, 0.15) is 0 Å². The Hall–Kier alpha value is -0.490. The van der Waals surface area contributed by atoms with Crippen LogP contribution in [0, 0.1) is 13.8 Å². The van der Waals surface area contributed by atoms with Gasteiger partial charge in [-0.3, -0.25) is 0 Å². The fraction of sp³-hybridized carbons (Fsp3) is 0.625. The summed E-state index contributed by atoms with van der Waals surface area (Å²) in [6, 6.07) is 6.57. The van der Waals surface area contributed by atoms with Crippen molar-refractivity contribution in [3.8, 4) is 0 Å². The van der Waals surface area contributed by atoms with Crippen molar-refractivity contribution in [2.45, 2.75) is 64.7 Å². The fourth-order valence-electron chi connectivity index (χ4n) is 2.18. The maximum atomic E-state index is 6.50. The van der Waals surface area contributed by atoms with Gasteiger partial charge in [-0.1, -0.05) is 62.8 Å². The lowest BCUT2D eigenvalue weighted by atomic mass is 9.99. The van der Waals surface area contributed by atoms with Crippen molar-refractivity contribution < 1.29 is 0 Å². The summed E-state index contributed by atoms with van der Waals surface area (Å²) in [6.07, 6.45) is 7.70. The summed E-state index contributed by atoms with van der Waals surface area (Å²) in [5, 5.41) is 0.191. The van der Waals surface area contributed by atoms with E-state index in [1.165, 1.54) is 48.8 Å². The molecule has 1 aromatic rings. The van der Waals surface area contributed by atoms with E-state index in [0.717, 1.165) is 6.42 Å². The van der Waals surface area contributed by atoms with Crippen LogP contribution in [0.2, 0.25) is 0 Å². The van der Waals surface area contributed by atoms with Crippen molar-refractivity contribution in [3.05, 3.63) is 34.9 Å². The van der Waals surface area contributed by atoms with E-state index >= 15 is 0 Å². The van der Waals surface area contributed by atoms with E-state index in [4.69, 9.17) is 11.6 Å². The third-order valence-corrected chi connectivity index (χ3v) is 3.79. The van der Waals surface area contributed by atoms with Crippen molar-refractivity contribution in [1.29, 1.82) is 0 Å². The van der Waals surface area contributed by atoms with Crippen molar-refractivity contribution in [2.24, 2.45) is 0 Å². The van der Waals surface area contributed by atoms with Gasteiger partial charge in [-0.15, -0.1) is 11.6 Å². The van der Waals surface area contributed by atoms with Crippen LogP contribution in [-0.4, -0.2) is 0 Å². The van der Waals surface area contributed by atoms with E-state index in [1.807, 2.05) is 0 Å². The van der Waals surface area contributed by atoms with Gasteiger partial charge in [-0.2, -0.15) is 0 Å². The molecule has 0 saturated heterocycles. The Morgan fingerprint density at radius 2 is 1.76 bits per heavy atom. The summed E-state index contributed by atoms with van der Waals surface area (Å²) in [7, 11) is 0. The first-order valence-corrected chi connectivity index (χ1v) is 7.30. The largest absolute Gasteiger partial charge is 0.118 e. The predicted octanol–water partition coefficient (Wildman–Crippen LogP) is 5.94. The fourth-order valence-corrected chi connectivity index (χ4v) is 2.57. The molecular weight excluding hydrogens is 228 g/mol. The van der Waals surface area contributed by atoms with Crippen molar-refractivity contribution in [2.75, 3.05) is 0 Å². The molecule has 1 heteroatoms. The third kappa shape index (κ3) is 5.12. The zero-order valence-corrected chi connectivity index (χ0v) is 12.2. The van der Waals surface area contributed by atoms with Crippen LogP contribution in [0.3, 0.4) is 0 Å². The van der Waals surface area contributed by atoms with Crippen LogP contribution in [0.15, 0.2) is 18.2 Å². The van der Waals surface area contributed by atoms with Crippen molar-refractivity contribution >= 4 is 11.6 Å².